The summed E-state index contributed by atoms with van der Waals surface area (Å²) in [6, 6.07) is 11.7. The van der Waals surface area contributed by atoms with Crippen molar-refractivity contribution in [2.24, 2.45) is 0 Å². The Balaban J connectivity index is 1.83. The first kappa shape index (κ1) is 14.8. The van der Waals surface area contributed by atoms with Gasteiger partial charge in [0.15, 0.2) is 0 Å². The van der Waals surface area contributed by atoms with Crippen LogP contribution in [0.5, 0.6) is 0 Å². The fourth-order valence-electron chi connectivity index (χ4n) is 2.21. The van der Waals surface area contributed by atoms with Crippen molar-refractivity contribution >= 4 is 32.9 Å². The Hall–Kier alpha value is -2.14. The SMILES string of the molecule is Cc1c(C(=O)OCc2ccccc2F)oc2ccc(Br)cc12. The van der Waals surface area contributed by atoms with Crippen molar-refractivity contribution < 1.29 is 18.3 Å². The maximum absolute atomic E-state index is 13.5. The van der Waals surface area contributed by atoms with E-state index in [4.69, 9.17) is 9.15 Å². The van der Waals surface area contributed by atoms with E-state index in [1.54, 1.807) is 31.2 Å². The highest BCUT2D eigenvalue weighted by Crippen LogP contribution is 2.28. The average molecular weight is 363 g/mol. The number of fused-ring (bicyclic) bond motifs is 1. The topological polar surface area (TPSA) is 39.4 Å². The minimum absolute atomic E-state index is 0.133. The zero-order valence-electron chi connectivity index (χ0n) is 11.7. The van der Waals surface area contributed by atoms with E-state index in [1.165, 1.54) is 6.07 Å². The monoisotopic (exact) mass is 362 g/mol. The van der Waals surface area contributed by atoms with Gasteiger partial charge in [-0.05, 0) is 31.2 Å². The second-order valence-corrected chi connectivity index (χ2v) is 5.78. The molecule has 0 atom stereocenters. The van der Waals surface area contributed by atoms with E-state index < -0.39 is 11.8 Å². The number of hydrogen-bond acceptors (Lipinski definition) is 3. The van der Waals surface area contributed by atoms with Crippen LogP contribution in [0.2, 0.25) is 0 Å². The van der Waals surface area contributed by atoms with Crippen LogP contribution in [0.15, 0.2) is 51.4 Å². The molecule has 0 N–H and O–H groups in total. The molecule has 3 rings (SSSR count). The first-order valence-electron chi connectivity index (χ1n) is 6.65. The Morgan fingerprint density at radius 3 is 2.82 bits per heavy atom. The molecule has 0 spiro atoms. The van der Waals surface area contributed by atoms with Gasteiger partial charge in [0.2, 0.25) is 5.76 Å². The molecule has 0 amide bonds. The van der Waals surface area contributed by atoms with Gasteiger partial charge in [-0.1, -0.05) is 34.1 Å². The summed E-state index contributed by atoms with van der Waals surface area (Å²) in [5.74, 6) is -0.863. The van der Waals surface area contributed by atoms with Crippen LogP contribution in [-0.2, 0) is 11.3 Å². The quantitative estimate of drug-likeness (QED) is 0.615. The summed E-state index contributed by atoms with van der Waals surface area (Å²) in [7, 11) is 0. The van der Waals surface area contributed by atoms with Crippen LogP contribution in [0.3, 0.4) is 0 Å². The number of carbonyl (C=O) groups excluding carboxylic acids is 1. The Bertz CT molecular complexity index is 854. The molecular weight excluding hydrogens is 351 g/mol. The predicted molar refractivity (Wildman–Crippen MR) is 84.2 cm³/mol. The van der Waals surface area contributed by atoms with E-state index in [0.717, 1.165) is 9.86 Å². The first-order chi connectivity index (χ1) is 10.6. The number of aryl methyl sites for hydroxylation is 1. The number of furan rings is 1. The van der Waals surface area contributed by atoms with Crippen LogP contribution in [-0.4, -0.2) is 5.97 Å². The molecule has 0 saturated carbocycles. The van der Waals surface area contributed by atoms with Crippen LogP contribution in [0.1, 0.15) is 21.7 Å². The largest absolute Gasteiger partial charge is 0.455 e. The maximum Gasteiger partial charge on any atom is 0.374 e. The molecule has 3 nitrogen and oxygen atoms in total. The fraction of sp³-hybridized carbons (Fsp3) is 0.118. The lowest BCUT2D eigenvalue weighted by Crippen LogP contribution is -2.06. The summed E-state index contributed by atoms with van der Waals surface area (Å²) >= 11 is 3.38. The van der Waals surface area contributed by atoms with Crippen LogP contribution < -0.4 is 0 Å². The molecule has 0 fully saturated rings. The number of hydrogen-bond donors (Lipinski definition) is 0. The Kier molecular flexibility index (Phi) is 3.98. The molecule has 0 radical (unpaired) electrons. The summed E-state index contributed by atoms with van der Waals surface area (Å²) in [5.41, 5.74) is 1.64. The van der Waals surface area contributed by atoms with Gasteiger partial charge >= 0.3 is 5.97 Å². The highest BCUT2D eigenvalue weighted by molar-refractivity contribution is 9.10. The molecule has 2 aromatic carbocycles. The third kappa shape index (κ3) is 2.76. The minimum Gasteiger partial charge on any atom is -0.455 e. The molecule has 22 heavy (non-hydrogen) atoms. The highest BCUT2D eigenvalue weighted by Gasteiger charge is 2.19. The number of halogens is 2. The zero-order valence-corrected chi connectivity index (χ0v) is 13.3. The summed E-state index contributed by atoms with van der Waals surface area (Å²) < 4.78 is 25.1. The molecule has 5 heteroatoms. The zero-order chi connectivity index (χ0) is 15.7. The molecule has 0 aliphatic carbocycles. The van der Waals surface area contributed by atoms with Gasteiger partial charge in [0.25, 0.3) is 0 Å². The molecule has 0 aliphatic rings. The van der Waals surface area contributed by atoms with E-state index in [0.29, 0.717) is 16.7 Å². The third-order valence-corrected chi connectivity index (χ3v) is 3.89. The van der Waals surface area contributed by atoms with Crippen molar-refractivity contribution in [3.05, 3.63) is 69.6 Å². The normalized spacial score (nSPS) is 10.9. The summed E-state index contributed by atoms with van der Waals surface area (Å²) in [4.78, 5) is 12.2. The van der Waals surface area contributed by atoms with Crippen LogP contribution >= 0.6 is 15.9 Å². The van der Waals surface area contributed by atoms with Gasteiger partial charge < -0.3 is 9.15 Å². The van der Waals surface area contributed by atoms with Gasteiger partial charge in [0.05, 0.1) is 0 Å². The molecule has 1 heterocycles. The van der Waals surface area contributed by atoms with Crippen molar-refractivity contribution in [1.29, 1.82) is 0 Å². The lowest BCUT2D eigenvalue weighted by Gasteiger charge is -2.04. The van der Waals surface area contributed by atoms with Crippen LogP contribution in [0.4, 0.5) is 4.39 Å². The Morgan fingerprint density at radius 2 is 2.05 bits per heavy atom. The Labute approximate surface area is 134 Å². The second-order valence-electron chi connectivity index (χ2n) is 4.86. The van der Waals surface area contributed by atoms with Gasteiger partial charge in [0.1, 0.15) is 18.0 Å². The van der Waals surface area contributed by atoms with E-state index >= 15 is 0 Å². The predicted octanol–water partition coefficient (Wildman–Crippen LogP) is 5.00. The molecule has 1 aromatic heterocycles. The van der Waals surface area contributed by atoms with Crippen molar-refractivity contribution in [3.8, 4) is 0 Å². The second kappa shape index (κ2) is 5.93. The number of rotatable bonds is 3. The molecule has 0 saturated heterocycles. The van der Waals surface area contributed by atoms with E-state index in [-0.39, 0.29) is 12.4 Å². The highest BCUT2D eigenvalue weighted by atomic mass is 79.9. The minimum atomic E-state index is -0.604. The molecule has 0 unspecified atom stereocenters. The summed E-state index contributed by atoms with van der Waals surface area (Å²) in [6.07, 6.45) is 0. The standard InChI is InChI=1S/C17H12BrFO3/c1-10-13-8-12(18)6-7-15(13)22-16(10)17(20)21-9-11-4-2-3-5-14(11)19/h2-8H,9H2,1H3. The maximum atomic E-state index is 13.5. The van der Waals surface area contributed by atoms with Gasteiger partial charge in [-0.25, -0.2) is 9.18 Å². The molecule has 112 valence electrons. The van der Waals surface area contributed by atoms with E-state index in [1.807, 2.05) is 12.1 Å². The van der Waals surface area contributed by atoms with E-state index in [2.05, 4.69) is 15.9 Å². The molecule has 0 aliphatic heterocycles. The molecule has 3 aromatic rings. The average Bonchev–Trinajstić information content (AvgIpc) is 2.83. The van der Waals surface area contributed by atoms with E-state index in [9.17, 15) is 9.18 Å². The van der Waals surface area contributed by atoms with Crippen molar-refractivity contribution in [3.63, 3.8) is 0 Å². The smallest absolute Gasteiger partial charge is 0.374 e. The number of ether oxygens (including phenoxy) is 1. The lowest BCUT2D eigenvalue weighted by atomic mass is 10.1. The number of benzene rings is 2. The van der Waals surface area contributed by atoms with Crippen LogP contribution in [0, 0.1) is 12.7 Å². The van der Waals surface area contributed by atoms with Crippen LogP contribution in [0.25, 0.3) is 11.0 Å². The van der Waals surface area contributed by atoms with Crippen molar-refractivity contribution in [1.82, 2.24) is 0 Å². The lowest BCUT2D eigenvalue weighted by molar-refractivity contribution is 0.0434. The third-order valence-electron chi connectivity index (χ3n) is 3.40. The number of esters is 1. The fourth-order valence-corrected chi connectivity index (χ4v) is 2.57. The Morgan fingerprint density at radius 1 is 1.27 bits per heavy atom. The van der Waals surface area contributed by atoms with Crippen molar-refractivity contribution in [2.45, 2.75) is 13.5 Å². The first-order valence-corrected chi connectivity index (χ1v) is 7.45. The summed E-state index contributed by atoms with van der Waals surface area (Å²) in [6.45, 7) is 1.66. The molecular formula is C17H12BrFO3. The molecule has 0 bridgehead atoms. The van der Waals surface area contributed by atoms with Gasteiger partial charge in [-0.15, -0.1) is 0 Å². The van der Waals surface area contributed by atoms with Gasteiger partial charge in [0, 0.05) is 21.0 Å². The van der Waals surface area contributed by atoms with Gasteiger partial charge in [-0.2, -0.15) is 0 Å². The van der Waals surface area contributed by atoms with Crippen molar-refractivity contribution in [2.75, 3.05) is 0 Å². The van der Waals surface area contributed by atoms with Gasteiger partial charge in [-0.3, -0.25) is 0 Å². The summed E-state index contributed by atoms with van der Waals surface area (Å²) in [5, 5.41) is 0.840. The number of carbonyl (C=O) groups is 1.